The van der Waals surface area contributed by atoms with Crippen molar-refractivity contribution in [1.82, 2.24) is 9.97 Å². The molecule has 0 spiro atoms. The van der Waals surface area contributed by atoms with Gasteiger partial charge in [0.25, 0.3) is 6.71 Å². The normalized spacial score (nSPS) is 13.2. The van der Waals surface area contributed by atoms with E-state index in [0.717, 1.165) is 28.3 Å². The zero-order valence-electron chi connectivity index (χ0n) is 34.6. The summed E-state index contributed by atoms with van der Waals surface area (Å²) in [7, 11) is 0. The Hall–Kier alpha value is -6.72. The summed E-state index contributed by atoms with van der Waals surface area (Å²) in [5.74, 6) is 0.699. The second kappa shape index (κ2) is 14.0. The quantitative estimate of drug-likeness (QED) is 0.164. The molecule has 1 aromatic heterocycles. The average molecular weight is 763 g/mol. The Kier molecular flexibility index (Phi) is 8.68. The molecule has 0 bridgehead atoms. The van der Waals surface area contributed by atoms with Crippen molar-refractivity contribution in [2.24, 2.45) is 0 Å². The van der Waals surface area contributed by atoms with Crippen LogP contribution in [0.5, 0.6) is 0 Å². The number of fused-ring (bicyclic) bond motifs is 4. The number of anilines is 6. The van der Waals surface area contributed by atoms with Gasteiger partial charge in [-0.3, -0.25) is 0 Å². The van der Waals surface area contributed by atoms with Crippen LogP contribution in [0, 0.1) is 0 Å². The zero-order chi connectivity index (χ0) is 40.5. The van der Waals surface area contributed by atoms with Crippen LogP contribution in [0.1, 0.15) is 52.7 Å². The van der Waals surface area contributed by atoms with E-state index in [1.54, 1.807) is 0 Å². The second-order valence-electron chi connectivity index (χ2n) is 18.0. The summed E-state index contributed by atoms with van der Waals surface area (Å²) < 4.78 is 0. The van der Waals surface area contributed by atoms with Crippen molar-refractivity contribution >= 4 is 57.2 Å². The molecule has 286 valence electrons. The first kappa shape index (κ1) is 36.6. The number of hydrogen-bond acceptors (Lipinski definition) is 4. The average Bonchev–Trinajstić information content (AvgIpc) is 3.26. The molecule has 8 aromatic rings. The van der Waals surface area contributed by atoms with Crippen LogP contribution in [0.25, 0.3) is 33.6 Å². The van der Waals surface area contributed by atoms with Gasteiger partial charge in [-0.05, 0) is 115 Å². The summed E-state index contributed by atoms with van der Waals surface area (Å²) >= 11 is 0. The lowest BCUT2D eigenvalue weighted by molar-refractivity contribution is 0.590. The number of nitrogens with zero attached hydrogens (tertiary/aromatic N) is 4. The van der Waals surface area contributed by atoms with E-state index in [9.17, 15) is 0 Å². The van der Waals surface area contributed by atoms with Gasteiger partial charge < -0.3 is 9.80 Å². The minimum atomic E-state index is -0.0356. The number of aromatic nitrogens is 2. The molecule has 0 saturated carbocycles. The van der Waals surface area contributed by atoms with E-state index in [0.29, 0.717) is 5.82 Å². The summed E-state index contributed by atoms with van der Waals surface area (Å²) in [4.78, 5) is 14.6. The summed E-state index contributed by atoms with van der Waals surface area (Å²) in [6.45, 7) is 13.9. The minimum absolute atomic E-state index is 0.0139. The fraction of sp³-hybridized carbons (Fsp3) is 0.148. The molecule has 59 heavy (non-hydrogen) atoms. The second-order valence-corrected chi connectivity index (χ2v) is 18.0. The number of benzene rings is 7. The van der Waals surface area contributed by atoms with Crippen LogP contribution in [0.15, 0.2) is 176 Å². The van der Waals surface area contributed by atoms with Gasteiger partial charge in [0.2, 0.25) is 0 Å². The van der Waals surface area contributed by atoms with Crippen LogP contribution in [0.4, 0.5) is 34.1 Å². The van der Waals surface area contributed by atoms with Crippen LogP contribution < -0.4 is 26.2 Å². The van der Waals surface area contributed by atoms with Gasteiger partial charge in [-0.25, -0.2) is 9.97 Å². The first-order valence-corrected chi connectivity index (χ1v) is 20.7. The molecule has 2 aliphatic heterocycles. The molecule has 0 fully saturated rings. The maximum absolute atomic E-state index is 4.81. The van der Waals surface area contributed by atoms with Gasteiger partial charge in [0.05, 0.1) is 0 Å². The highest BCUT2D eigenvalue weighted by molar-refractivity contribution is 7.00. The summed E-state index contributed by atoms with van der Waals surface area (Å²) in [6.07, 6.45) is 3.67. The Labute approximate surface area is 349 Å². The molecule has 0 amide bonds. The minimum Gasteiger partial charge on any atom is -0.311 e. The lowest BCUT2D eigenvalue weighted by Gasteiger charge is -2.45. The summed E-state index contributed by atoms with van der Waals surface area (Å²) in [6, 6.07) is 60.2. The molecule has 10 rings (SSSR count). The lowest BCUT2D eigenvalue weighted by atomic mass is 9.33. The molecule has 7 aromatic carbocycles. The summed E-state index contributed by atoms with van der Waals surface area (Å²) in [5, 5.41) is 0. The van der Waals surface area contributed by atoms with Crippen LogP contribution in [-0.2, 0) is 10.8 Å². The molecule has 0 unspecified atom stereocenters. The predicted molar refractivity (Wildman–Crippen MR) is 250 cm³/mol. The molecule has 4 nitrogen and oxygen atoms in total. The van der Waals surface area contributed by atoms with Crippen molar-refractivity contribution in [3.05, 3.63) is 187 Å². The van der Waals surface area contributed by atoms with Crippen molar-refractivity contribution in [3.63, 3.8) is 0 Å². The number of hydrogen-bond donors (Lipinski definition) is 0. The molecule has 5 heteroatoms. The van der Waals surface area contributed by atoms with E-state index >= 15 is 0 Å². The Bertz CT molecular complexity index is 2650. The van der Waals surface area contributed by atoms with Crippen molar-refractivity contribution in [1.29, 1.82) is 0 Å². The molecular formula is C54H47BN4. The fourth-order valence-corrected chi connectivity index (χ4v) is 8.94. The Balaban J connectivity index is 1.28. The van der Waals surface area contributed by atoms with Gasteiger partial charge in [-0.1, -0.05) is 151 Å². The van der Waals surface area contributed by atoms with E-state index in [1.165, 1.54) is 61.1 Å². The van der Waals surface area contributed by atoms with E-state index in [-0.39, 0.29) is 17.5 Å². The van der Waals surface area contributed by atoms with Crippen molar-refractivity contribution in [3.8, 4) is 33.6 Å². The standard InChI is InChI=1S/C54H47BN4/c1-53(2,3)41-22-28-47-45(34-41)55-46-35-42(54(4,5)6)23-29-48(46)59(44-26-20-39(21-27-44)37-16-11-8-12-17-37)50-33-40(52-56-30-13-31-57-52)32-49(51(50)55)58(47)43-24-18-38(19-25-43)36-14-9-7-10-15-36/h7-35H,1-6H3. The summed E-state index contributed by atoms with van der Waals surface area (Å²) in [5.41, 5.74) is 19.1. The maximum atomic E-state index is 4.81. The predicted octanol–water partition coefficient (Wildman–Crippen LogP) is 12.2. The number of rotatable bonds is 5. The topological polar surface area (TPSA) is 32.3 Å². The van der Waals surface area contributed by atoms with Gasteiger partial charge in [-0.15, -0.1) is 0 Å². The van der Waals surface area contributed by atoms with Crippen molar-refractivity contribution in [2.45, 2.75) is 52.4 Å². The molecule has 3 heterocycles. The highest BCUT2D eigenvalue weighted by Crippen LogP contribution is 2.47. The van der Waals surface area contributed by atoms with Crippen LogP contribution in [0.2, 0.25) is 0 Å². The first-order valence-electron chi connectivity index (χ1n) is 20.7. The van der Waals surface area contributed by atoms with Crippen LogP contribution >= 0.6 is 0 Å². The smallest absolute Gasteiger partial charge is 0.252 e. The van der Waals surface area contributed by atoms with E-state index in [4.69, 9.17) is 9.97 Å². The monoisotopic (exact) mass is 762 g/mol. The fourth-order valence-electron chi connectivity index (χ4n) is 8.94. The Morgan fingerprint density at radius 2 is 0.797 bits per heavy atom. The highest BCUT2D eigenvalue weighted by Gasteiger charge is 2.44. The van der Waals surface area contributed by atoms with Gasteiger partial charge >= 0.3 is 0 Å². The largest absolute Gasteiger partial charge is 0.311 e. The Morgan fingerprint density at radius 1 is 0.390 bits per heavy atom. The van der Waals surface area contributed by atoms with Crippen LogP contribution in [0.3, 0.4) is 0 Å². The highest BCUT2D eigenvalue weighted by atomic mass is 15.2. The third-order valence-corrected chi connectivity index (χ3v) is 12.1. The maximum Gasteiger partial charge on any atom is 0.252 e. The van der Waals surface area contributed by atoms with Gasteiger partial charge in [0.15, 0.2) is 5.82 Å². The van der Waals surface area contributed by atoms with E-state index in [1.807, 2.05) is 18.5 Å². The Morgan fingerprint density at radius 3 is 1.20 bits per heavy atom. The van der Waals surface area contributed by atoms with Crippen molar-refractivity contribution < 1.29 is 0 Å². The van der Waals surface area contributed by atoms with Crippen molar-refractivity contribution in [2.75, 3.05) is 9.80 Å². The van der Waals surface area contributed by atoms with Crippen LogP contribution in [-0.4, -0.2) is 16.7 Å². The van der Waals surface area contributed by atoms with Gasteiger partial charge in [-0.2, -0.15) is 0 Å². The van der Waals surface area contributed by atoms with E-state index < -0.39 is 0 Å². The first-order chi connectivity index (χ1) is 28.5. The molecule has 0 N–H and O–H groups in total. The third-order valence-electron chi connectivity index (χ3n) is 12.1. The molecule has 0 radical (unpaired) electrons. The molecule has 0 atom stereocenters. The molecule has 0 aliphatic carbocycles. The molecule has 0 saturated heterocycles. The van der Waals surface area contributed by atoms with E-state index in [2.05, 4.69) is 209 Å². The zero-order valence-corrected chi connectivity index (χ0v) is 34.6. The lowest BCUT2D eigenvalue weighted by Crippen LogP contribution is -2.61. The SMILES string of the molecule is CC(C)(C)c1ccc2c(c1)B1c3cc(C(C)(C)C)ccc3N(c3ccc(-c4ccccc4)cc3)c3cc(-c4ncccn4)cc(c31)N2c1ccc(-c2ccccc2)cc1. The van der Waals surface area contributed by atoms with Gasteiger partial charge in [0.1, 0.15) is 0 Å². The molecular weight excluding hydrogens is 715 g/mol. The third kappa shape index (κ3) is 6.42. The van der Waals surface area contributed by atoms with Gasteiger partial charge in [0, 0.05) is 52.1 Å². The molecule has 2 aliphatic rings.